The number of amides is 2. The summed E-state index contributed by atoms with van der Waals surface area (Å²) in [6, 6.07) is 9.25. The van der Waals surface area contributed by atoms with Crippen LogP contribution in [0.2, 0.25) is 5.02 Å². The van der Waals surface area contributed by atoms with Gasteiger partial charge in [0.2, 0.25) is 0 Å². The number of alkyl carbamates (subject to hydrolysis) is 1. The first-order valence-electron chi connectivity index (χ1n) is 16.1. The van der Waals surface area contributed by atoms with Crippen molar-refractivity contribution in [3.8, 4) is 22.5 Å². The van der Waals surface area contributed by atoms with Crippen LogP contribution in [0.4, 0.5) is 31.1 Å². The summed E-state index contributed by atoms with van der Waals surface area (Å²) < 4.78 is 87.3. The van der Waals surface area contributed by atoms with Crippen molar-refractivity contribution in [1.82, 2.24) is 40.1 Å². The van der Waals surface area contributed by atoms with Gasteiger partial charge in [0.1, 0.15) is 18.5 Å². The molecule has 19 heteroatoms. The maximum absolute atomic E-state index is 14.9. The predicted octanol–water partition coefficient (Wildman–Crippen LogP) is 7.76. The number of hydrogen-bond acceptors (Lipinski definition) is 7. The summed E-state index contributed by atoms with van der Waals surface area (Å²) in [5.41, 5.74) is -2.65. The second kappa shape index (κ2) is 14.7. The zero-order valence-electron chi connectivity index (χ0n) is 29.1. The highest BCUT2D eigenvalue weighted by molar-refractivity contribution is 6.33. The Labute approximate surface area is 305 Å². The Kier molecular flexibility index (Phi) is 10.9. The number of rotatable bonds is 12. The molecule has 0 saturated carbocycles. The molecule has 284 valence electrons. The van der Waals surface area contributed by atoms with E-state index >= 15 is 0 Å². The highest BCUT2D eigenvalue weighted by atomic mass is 35.5. The van der Waals surface area contributed by atoms with Crippen molar-refractivity contribution < 1.29 is 40.7 Å². The number of aromatic nitrogens is 5. The molecule has 2 aromatic carbocycles. The number of nitrogens with zero attached hydrogens (tertiary/aromatic N) is 6. The monoisotopic (exact) mass is 767 g/mol. The number of carbonyl (C=O) groups excluding carboxylic acids is 2. The van der Waals surface area contributed by atoms with Crippen LogP contribution in [-0.2, 0) is 15.1 Å². The summed E-state index contributed by atoms with van der Waals surface area (Å²) in [4.78, 5) is 32.6. The van der Waals surface area contributed by atoms with E-state index in [1.165, 1.54) is 30.6 Å². The van der Waals surface area contributed by atoms with Crippen LogP contribution in [0.3, 0.4) is 0 Å². The number of guanidine groups is 1. The van der Waals surface area contributed by atoms with E-state index in [-0.39, 0.29) is 28.4 Å². The average molecular weight is 768 g/mol. The summed E-state index contributed by atoms with van der Waals surface area (Å²) in [6.45, 7) is 1.20. The number of ether oxygens (including phenoxy) is 1. The molecule has 2 atom stereocenters. The number of benzene rings is 2. The minimum absolute atomic E-state index is 0.0121. The molecular weight excluding hydrogens is 732 g/mol. The van der Waals surface area contributed by atoms with Crippen LogP contribution >= 0.6 is 11.6 Å². The van der Waals surface area contributed by atoms with E-state index in [1.807, 2.05) is 20.8 Å². The van der Waals surface area contributed by atoms with E-state index < -0.39 is 66.6 Å². The van der Waals surface area contributed by atoms with Gasteiger partial charge in [0.05, 0.1) is 22.8 Å². The van der Waals surface area contributed by atoms with Gasteiger partial charge in [0.15, 0.2) is 11.8 Å². The Morgan fingerprint density at radius 1 is 1.00 bits per heavy atom. The molecule has 4 aromatic rings. The Morgan fingerprint density at radius 3 is 2.26 bits per heavy atom. The van der Waals surface area contributed by atoms with Crippen molar-refractivity contribution in [2.45, 2.75) is 77.7 Å². The maximum Gasteiger partial charge on any atom is 0.407 e. The van der Waals surface area contributed by atoms with Crippen LogP contribution in [0, 0.1) is 10.8 Å². The zero-order chi connectivity index (χ0) is 39.0. The number of hydrogen-bond donors (Lipinski definition) is 3. The Hall–Kier alpha value is -5.13. The van der Waals surface area contributed by atoms with Crippen LogP contribution in [0.15, 0.2) is 61.2 Å². The molecule has 3 heterocycles. The SMILES string of the molecule is CC(C)(C)C[C@]1(c2ccc(-c3cnn(C(F)F)c3)cc2)NC(=N)N([C@H](COC(=O)NC(C)(C)C(F)F)c2ccc(Cl)c(-c3ncnn3C(F)F)c2)C1=O. The fourth-order valence-electron chi connectivity index (χ4n) is 6.01. The lowest BCUT2D eigenvalue weighted by molar-refractivity contribution is -0.134. The normalized spacial score (nSPS) is 17.2. The lowest BCUT2D eigenvalue weighted by Gasteiger charge is -2.35. The highest BCUT2D eigenvalue weighted by Gasteiger charge is 2.54. The maximum atomic E-state index is 14.9. The molecule has 0 aliphatic carbocycles. The van der Waals surface area contributed by atoms with Crippen LogP contribution in [0.5, 0.6) is 0 Å². The van der Waals surface area contributed by atoms with Gasteiger partial charge in [0.25, 0.3) is 12.3 Å². The molecule has 2 amide bonds. The van der Waals surface area contributed by atoms with Crippen molar-refractivity contribution in [2.24, 2.45) is 5.41 Å². The third-order valence-corrected chi connectivity index (χ3v) is 8.82. The van der Waals surface area contributed by atoms with Crippen LogP contribution < -0.4 is 10.6 Å². The summed E-state index contributed by atoms with van der Waals surface area (Å²) in [7, 11) is 0. The van der Waals surface area contributed by atoms with Crippen LogP contribution in [-0.4, -0.2) is 66.0 Å². The van der Waals surface area contributed by atoms with E-state index in [0.717, 1.165) is 25.1 Å². The van der Waals surface area contributed by atoms with Gasteiger partial charge in [-0.25, -0.2) is 23.2 Å². The Morgan fingerprint density at radius 2 is 1.68 bits per heavy atom. The molecule has 12 nitrogen and oxygen atoms in total. The summed E-state index contributed by atoms with van der Waals surface area (Å²) in [5, 5.41) is 21.4. The minimum atomic E-state index is -3.09. The summed E-state index contributed by atoms with van der Waals surface area (Å²) in [6.07, 6.45) is -0.727. The molecule has 3 N–H and O–H groups in total. The Bertz CT molecular complexity index is 1980. The fourth-order valence-corrected chi connectivity index (χ4v) is 6.21. The van der Waals surface area contributed by atoms with Gasteiger partial charge in [-0.1, -0.05) is 62.7 Å². The molecule has 53 heavy (non-hydrogen) atoms. The molecule has 0 radical (unpaired) electrons. The molecule has 1 fully saturated rings. The highest BCUT2D eigenvalue weighted by Crippen LogP contribution is 2.43. The van der Waals surface area contributed by atoms with Crippen molar-refractivity contribution in [3.05, 3.63) is 77.3 Å². The zero-order valence-corrected chi connectivity index (χ0v) is 29.8. The van der Waals surface area contributed by atoms with E-state index in [1.54, 1.807) is 24.3 Å². The lowest BCUT2D eigenvalue weighted by atomic mass is 9.75. The smallest absolute Gasteiger partial charge is 0.407 e. The van der Waals surface area contributed by atoms with E-state index in [9.17, 15) is 35.9 Å². The lowest BCUT2D eigenvalue weighted by Crippen LogP contribution is -2.50. The van der Waals surface area contributed by atoms with Gasteiger partial charge < -0.3 is 15.4 Å². The van der Waals surface area contributed by atoms with Crippen molar-refractivity contribution in [2.75, 3.05) is 6.61 Å². The quantitative estimate of drug-likeness (QED) is 0.125. The Balaban J connectivity index is 1.58. The van der Waals surface area contributed by atoms with Crippen molar-refractivity contribution in [1.29, 1.82) is 5.41 Å². The summed E-state index contributed by atoms with van der Waals surface area (Å²) in [5.74, 6) is -1.40. The van der Waals surface area contributed by atoms with Crippen LogP contribution in [0.1, 0.15) is 71.3 Å². The van der Waals surface area contributed by atoms with Gasteiger partial charge in [-0.3, -0.25) is 15.1 Å². The molecule has 0 unspecified atom stereocenters. The molecule has 1 saturated heterocycles. The topological polar surface area (TPSA) is 143 Å². The van der Waals surface area contributed by atoms with E-state index in [0.29, 0.717) is 26.1 Å². The second-order valence-corrected chi connectivity index (χ2v) is 14.6. The predicted molar refractivity (Wildman–Crippen MR) is 181 cm³/mol. The van der Waals surface area contributed by atoms with Gasteiger partial charge in [-0.2, -0.15) is 32.4 Å². The molecule has 1 aliphatic heterocycles. The molecule has 0 spiro atoms. The standard InChI is InChI=1S/C34H36ClF6N9O3/c1-32(2,3)16-34(21-9-6-18(7-10-21)20-13-44-48(14-20)28(38)39)27(51)49(30(42)46-34)24(15-53-31(52)47-33(4,5)26(36)37)19-8-11-23(35)22(12-19)25-43-17-45-50(25)29(40)41/h6-14,17,24,26,28-29H,15-16H2,1-5H3,(H2,42,46)(H,47,52)/t24-,34-/m1/s1. The summed E-state index contributed by atoms with van der Waals surface area (Å²) >= 11 is 6.42. The number of nitrogens with one attached hydrogen (secondary N) is 3. The molecule has 1 aliphatic rings. The largest absolute Gasteiger partial charge is 0.447 e. The molecular formula is C34H36ClF6N9O3. The number of alkyl halides is 6. The van der Waals surface area contributed by atoms with E-state index in [2.05, 4.69) is 25.8 Å². The first kappa shape index (κ1) is 39.1. The van der Waals surface area contributed by atoms with Crippen LogP contribution in [0.25, 0.3) is 22.5 Å². The molecule has 2 aromatic heterocycles. The fraction of sp³-hybridized carbons (Fsp3) is 0.412. The molecule has 0 bridgehead atoms. The van der Waals surface area contributed by atoms with Gasteiger partial charge in [-0.15, -0.1) is 0 Å². The first-order valence-corrected chi connectivity index (χ1v) is 16.5. The van der Waals surface area contributed by atoms with Crippen molar-refractivity contribution >= 4 is 29.6 Å². The third-order valence-electron chi connectivity index (χ3n) is 8.49. The van der Waals surface area contributed by atoms with Gasteiger partial charge in [-0.05, 0) is 54.5 Å². The number of carbonyl (C=O) groups is 2. The van der Waals surface area contributed by atoms with Gasteiger partial charge >= 0.3 is 19.2 Å². The van der Waals surface area contributed by atoms with Gasteiger partial charge in [0, 0.05) is 17.3 Å². The second-order valence-electron chi connectivity index (χ2n) is 14.2. The average Bonchev–Trinajstić information content (AvgIpc) is 3.81. The van der Waals surface area contributed by atoms with E-state index in [4.69, 9.17) is 21.7 Å². The van der Waals surface area contributed by atoms with Crippen molar-refractivity contribution in [3.63, 3.8) is 0 Å². The number of halogens is 7. The third kappa shape index (κ3) is 8.11. The minimum Gasteiger partial charge on any atom is -0.447 e. The first-order chi connectivity index (χ1) is 24.7. The molecule has 5 rings (SSSR count).